The molecule has 1 aromatic heterocycles. The predicted octanol–water partition coefficient (Wildman–Crippen LogP) is 1.95. The van der Waals surface area contributed by atoms with E-state index in [2.05, 4.69) is 23.6 Å². The highest BCUT2D eigenvalue weighted by molar-refractivity contribution is 5.94. The molecule has 0 aliphatic carbocycles. The van der Waals surface area contributed by atoms with E-state index >= 15 is 0 Å². The molecule has 0 spiro atoms. The summed E-state index contributed by atoms with van der Waals surface area (Å²) >= 11 is 0. The summed E-state index contributed by atoms with van der Waals surface area (Å²) in [6.45, 7) is 5.72. The summed E-state index contributed by atoms with van der Waals surface area (Å²) in [5, 5.41) is 0. The second kappa shape index (κ2) is 7.94. The quantitative estimate of drug-likeness (QED) is 0.748. The van der Waals surface area contributed by atoms with E-state index in [1.165, 1.54) is 25.4 Å². The topological polar surface area (TPSA) is 89.0 Å². The third kappa shape index (κ3) is 3.89. The summed E-state index contributed by atoms with van der Waals surface area (Å²) < 4.78 is 9.87. The zero-order valence-corrected chi connectivity index (χ0v) is 15.9. The van der Waals surface area contributed by atoms with E-state index in [-0.39, 0.29) is 24.1 Å². The normalized spacial score (nSPS) is 20.7. The van der Waals surface area contributed by atoms with E-state index < -0.39 is 5.97 Å². The van der Waals surface area contributed by atoms with E-state index in [0.717, 1.165) is 0 Å². The van der Waals surface area contributed by atoms with E-state index in [9.17, 15) is 14.4 Å². The van der Waals surface area contributed by atoms with Crippen LogP contribution in [0.1, 0.15) is 47.5 Å². The Morgan fingerprint density at radius 3 is 2.52 bits per heavy atom. The number of methoxy groups -OCH3 is 1. The minimum absolute atomic E-state index is 0.0890. The Morgan fingerprint density at radius 1 is 1.26 bits per heavy atom. The molecule has 0 N–H and O–H groups in total. The van der Waals surface area contributed by atoms with Crippen molar-refractivity contribution in [1.82, 2.24) is 14.8 Å². The average molecular weight is 375 g/mol. The Morgan fingerprint density at radius 2 is 1.96 bits per heavy atom. The number of likely N-dealkylation sites (tertiary alicyclic amines) is 1. The van der Waals surface area contributed by atoms with Crippen LogP contribution in [-0.2, 0) is 9.47 Å². The van der Waals surface area contributed by atoms with Gasteiger partial charge in [-0.3, -0.25) is 14.7 Å². The van der Waals surface area contributed by atoms with Crippen LogP contribution in [0.25, 0.3) is 0 Å². The first-order chi connectivity index (χ1) is 12.9. The van der Waals surface area contributed by atoms with Crippen molar-refractivity contribution in [3.8, 4) is 0 Å². The molecular formula is C19H25N3O5. The molecule has 2 fully saturated rings. The zero-order chi connectivity index (χ0) is 19.6. The minimum atomic E-state index is -0.487. The molecule has 2 aliphatic heterocycles. The molecule has 1 aromatic rings. The van der Waals surface area contributed by atoms with E-state index in [1.807, 2.05) is 4.90 Å². The first-order valence-corrected chi connectivity index (χ1v) is 9.21. The molecule has 1 atom stereocenters. The summed E-state index contributed by atoms with van der Waals surface area (Å²) in [4.78, 5) is 43.9. The first-order valence-electron chi connectivity index (χ1n) is 9.21. The standard InChI is InChI=1S/C19H25N3O5/c1-12(2)16-11-27-19(25)22(16)14-6-8-21(9-7-14)17(23)15-5-4-13(10-20-15)18(24)26-3/h4-5,10,12,14,16H,6-9,11H2,1-3H3. The molecule has 1 unspecified atom stereocenters. The third-order valence-electron chi connectivity index (χ3n) is 5.26. The van der Waals surface area contributed by atoms with Gasteiger partial charge in [0.1, 0.15) is 12.3 Å². The van der Waals surface area contributed by atoms with Gasteiger partial charge in [0.25, 0.3) is 5.91 Å². The number of pyridine rings is 1. The smallest absolute Gasteiger partial charge is 0.410 e. The Labute approximate surface area is 158 Å². The number of aromatic nitrogens is 1. The highest BCUT2D eigenvalue weighted by Gasteiger charge is 2.41. The van der Waals surface area contributed by atoms with Gasteiger partial charge in [-0.1, -0.05) is 13.8 Å². The van der Waals surface area contributed by atoms with Crippen LogP contribution in [0.3, 0.4) is 0 Å². The van der Waals surface area contributed by atoms with Gasteiger partial charge in [-0.05, 0) is 30.9 Å². The fourth-order valence-corrected chi connectivity index (χ4v) is 3.65. The monoisotopic (exact) mass is 375 g/mol. The average Bonchev–Trinajstić information content (AvgIpc) is 3.09. The maximum Gasteiger partial charge on any atom is 0.410 e. The van der Waals surface area contributed by atoms with E-state index in [0.29, 0.717) is 49.7 Å². The number of nitrogens with zero attached hydrogens (tertiary/aromatic N) is 3. The Kier molecular flexibility index (Phi) is 5.62. The summed E-state index contributed by atoms with van der Waals surface area (Å²) in [7, 11) is 1.30. The van der Waals surface area contributed by atoms with E-state index in [1.54, 1.807) is 4.90 Å². The van der Waals surface area contributed by atoms with Crippen LogP contribution in [0.15, 0.2) is 18.3 Å². The number of piperidine rings is 1. The van der Waals surface area contributed by atoms with Crippen molar-refractivity contribution < 1.29 is 23.9 Å². The van der Waals surface area contributed by atoms with Gasteiger partial charge >= 0.3 is 12.1 Å². The lowest BCUT2D eigenvalue weighted by atomic mass is 9.97. The van der Waals surface area contributed by atoms with Crippen molar-refractivity contribution in [2.45, 2.75) is 38.8 Å². The van der Waals surface area contributed by atoms with Crippen LogP contribution < -0.4 is 0 Å². The Balaban J connectivity index is 1.61. The van der Waals surface area contributed by atoms with Crippen molar-refractivity contribution in [3.63, 3.8) is 0 Å². The van der Waals surface area contributed by atoms with Crippen molar-refractivity contribution >= 4 is 18.0 Å². The van der Waals surface area contributed by atoms with E-state index in [4.69, 9.17) is 4.74 Å². The lowest BCUT2D eigenvalue weighted by Crippen LogP contribution is -2.51. The molecule has 146 valence electrons. The van der Waals surface area contributed by atoms with Gasteiger partial charge in [0.05, 0.1) is 18.7 Å². The third-order valence-corrected chi connectivity index (χ3v) is 5.26. The van der Waals surface area contributed by atoms with Gasteiger partial charge in [-0.15, -0.1) is 0 Å². The van der Waals surface area contributed by atoms with Crippen LogP contribution >= 0.6 is 0 Å². The van der Waals surface area contributed by atoms with Crippen LogP contribution in [0.2, 0.25) is 0 Å². The molecule has 0 bridgehead atoms. The van der Waals surface area contributed by atoms with Crippen LogP contribution in [0.4, 0.5) is 4.79 Å². The second-order valence-electron chi connectivity index (χ2n) is 7.24. The summed E-state index contributed by atoms with van der Waals surface area (Å²) in [6.07, 6.45) is 2.52. The predicted molar refractivity (Wildman–Crippen MR) is 96.3 cm³/mol. The molecule has 27 heavy (non-hydrogen) atoms. The molecule has 2 amide bonds. The molecular weight excluding hydrogens is 350 g/mol. The molecule has 0 saturated carbocycles. The van der Waals surface area contributed by atoms with Crippen molar-refractivity contribution in [2.24, 2.45) is 5.92 Å². The lowest BCUT2D eigenvalue weighted by Gasteiger charge is -2.38. The van der Waals surface area contributed by atoms with Crippen molar-refractivity contribution in [2.75, 3.05) is 26.8 Å². The maximum absolute atomic E-state index is 12.7. The number of carbonyl (C=O) groups excluding carboxylic acids is 3. The van der Waals surface area contributed by atoms with Crippen LogP contribution in [0.5, 0.6) is 0 Å². The molecule has 2 saturated heterocycles. The second-order valence-corrected chi connectivity index (χ2v) is 7.24. The van der Waals surface area contributed by atoms with Gasteiger partial charge in [0.2, 0.25) is 0 Å². The fraction of sp³-hybridized carbons (Fsp3) is 0.579. The highest BCUT2D eigenvalue weighted by atomic mass is 16.6. The number of rotatable bonds is 4. The largest absolute Gasteiger partial charge is 0.465 e. The number of amides is 2. The number of ether oxygens (including phenoxy) is 2. The molecule has 0 radical (unpaired) electrons. The lowest BCUT2D eigenvalue weighted by molar-refractivity contribution is 0.0590. The molecule has 3 heterocycles. The maximum atomic E-state index is 12.7. The molecule has 2 aliphatic rings. The molecule has 0 aromatic carbocycles. The van der Waals surface area contributed by atoms with Crippen LogP contribution in [-0.4, -0.2) is 71.6 Å². The zero-order valence-electron chi connectivity index (χ0n) is 15.9. The molecule has 8 heteroatoms. The summed E-state index contributed by atoms with van der Waals surface area (Å²) in [6, 6.07) is 3.25. The van der Waals surface area contributed by atoms with Gasteiger partial charge in [0.15, 0.2) is 0 Å². The van der Waals surface area contributed by atoms with Crippen molar-refractivity contribution in [3.05, 3.63) is 29.6 Å². The Hall–Kier alpha value is -2.64. The number of hydrogen-bond donors (Lipinski definition) is 0. The molecule has 3 rings (SSSR count). The van der Waals surface area contributed by atoms with Gasteiger partial charge < -0.3 is 14.4 Å². The Bertz CT molecular complexity index is 711. The fourth-order valence-electron chi connectivity index (χ4n) is 3.65. The summed E-state index contributed by atoms with van der Waals surface area (Å²) in [5.41, 5.74) is 0.599. The highest BCUT2D eigenvalue weighted by Crippen LogP contribution is 2.27. The van der Waals surface area contributed by atoms with Gasteiger partial charge in [-0.25, -0.2) is 9.59 Å². The number of esters is 1. The van der Waals surface area contributed by atoms with Gasteiger partial charge in [0, 0.05) is 25.3 Å². The number of hydrogen-bond acceptors (Lipinski definition) is 6. The minimum Gasteiger partial charge on any atom is -0.465 e. The SMILES string of the molecule is COC(=O)c1ccc(C(=O)N2CCC(N3C(=O)OCC3C(C)C)CC2)nc1. The van der Waals surface area contributed by atoms with Crippen LogP contribution in [0, 0.1) is 5.92 Å². The summed E-state index contributed by atoms with van der Waals surface area (Å²) in [5.74, 6) is -0.331. The van der Waals surface area contributed by atoms with Crippen molar-refractivity contribution in [1.29, 1.82) is 0 Å². The first kappa shape index (κ1) is 19.1. The number of carbonyl (C=O) groups is 3. The molecule has 8 nitrogen and oxygen atoms in total. The number of cyclic esters (lactones) is 1. The van der Waals surface area contributed by atoms with Gasteiger partial charge in [-0.2, -0.15) is 0 Å².